The summed E-state index contributed by atoms with van der Waals surface area (Å²) in [4.78, 5) is 42.0. The fourth-order valence-electron chi connectivity index (χ4n) is 3.24. The molecule has 6 rings (SSSR count). The van der Waals surface area contributed by atoms with E-state index in [-0.39, 0.29) is 32.5 Å². The van der Waals surface area contributed by atoms with E-state index in [0.717, 1.165) is 21.8 Å². The molecule has 39 heavy (non-hydrogen) atoms. The smallest absolute Gasteiger partial charge is 0.234 e. The van der Waals surface area contributed by atoms with Crippen LogP contribution in [0.1, 0.15) is 20.7 Å². The SMILES string of the molecule is O=Cc1c(Cl)ncnc1Cl.O=Cc1c(Cl)ncnc1Oc1ccc2[nH]ccc2c1.Oc1ccc2[nH]ccc2c1. The van der Waals surface area contributed by atoms with E-state index in [1.807, 2.05) is 42.7 Å². The Hall–Kier alpha value is -4.51. The number of hydrogen-bond acceptors (Lipinski definition) is 8. The zero-order chi connectivity index (χ0) is 27.8. The fourth-order valence-corrected chi connectivity index (χ4v) is 3.81. The van der Waals surface area contributed by atoms with E-state index in [4.69, 9.17) is 44.6 Å². The summed E-state index contributed by atoms with van der Waals surface area (Å²) in [6.07, 6.45) is 7.23. The third-order valence-electron chi connectivity index (χ3n) is 5.10. The second-order valence-electron chi connectivity index (χ2n) is 7.57. The Morgan fingerprint density at radius 3 is 1.82 bits per heavy atom. The van der Waals surface area contributed by atoms with Gasteiger partial charge in [-0.2, -0.15) is 0 Å². The lowest BCUT2D eigenvalue weighted by molar-refractivity contribution is 0.111. The number of halogens is 3. The zero-order valence-corrected chi connectivity index (χ0v) is 21.9. The van der Waals surface area contributed by atoms with Gasteiger partial charge in [-0.05, 0) is 48.5 Å². The summed E-state index contributed by atoms with van der Waals surface area (Å²) in [5, 5.41) is 11.3. The minimum atomic E-state index is 0.0720. The number of ether oxygens (including phenoxy) is 1. The van der Waals surface area contributed by atoms with Crippen molar-refractivity contribution in [2.75, 3.05) is 0 Å². The summed E-state index contributed by atoms with van der Waals surface area (Å²) in [7, 11) is 0. The number of benzene rings is 2. The highest BCUT2D eigenvalue weighted by molar-refractivity contribution is 6.36. The molecular formula is C26H17Cl3N6O4. The summed E-state index contributed by atoms with van der Waals surface area (Å²) in [5.74, 6) is 1.03. The number of aromatic hydroxyl groups is 1. The van der Waals surface area contributed by atoms with Crippen LogP contribution in [0.25, 0.3) is 21.8 Å². The van der Waals surface area contributed by atoms with Gasteiger partial charge in [0.25, 0.3) is 0 Å². The lowest BCUT2D eigenvalue weighted by Gasteiger charge is -2.07. The number of carbonyl (C=O) groups excluding carboxylic acids is 2. The Morgan fingerprint density at radius 2 is 1.23 bits per heavy atom. The molecule has 0 aliphatic carbocycles. The maximum Gasteiger partial charge on any atom is 0.234 e. The fraction of sp³-hybridized carbons (Fsp3) is 0. The molecule has 4 heterocycles. The summed E-state index contributed by atoms with van der Waals surface area (Å²) >= 11 is 16.7. The molecule has 0 saturated carbocycles. The van der Waals surface area contributed by atoms with Gasteiger partial charge in [0.2, 0.25) is 5.88 Å². The molecule has 0 aliphatic heterocycles. The lowest BCUT2D eigenvalue weighted by atomic mass is 10.2. The first-order chi connectivity index (χ1) is 18.9. The van der Waals surface area contributed by atoms with Gasteiger partial charge in [-0.3, -0.25) is 9.59 Å². The second-order valence-corrected chi connectivity index (χ2v) is 8.64. The van der Waals surface area contributed by atoms with Gasteiger partial charge in [0.05, 0.1) is 5.56 Å². The van der Waals surface area contributed by atoms with Gasteiger partial charge in [0.15, 0.2) is 12.6 Å². The van der Waals surface area contributed by atoms with E-state index >= 15 is 0 Å². The van der Waals surface area contributed by atoms with Gasteiger partial charge in [0, 0.05) is 34.2 Å². The van der Waals surface area contributed by atoms with Crippen LogP contribution in [0.15, 0.2) is 73.6 Å². The van der Waals surface area contributed by atoms with Crippen LogP contribution >= 0.6 is 34.8 Å². The van der Waals surface area contributed by atoms with Crippen molar-refractivity contribution in [3.05, 3.63) is 100 Å². The zero-order valence-electron chi connectivity index (χ0n) is 19.7. The van der Waals surface area contributed by atoms with Crippen molar-refractivity contribution >= 4 is 69.2 Å². The van der Waals surface area contributed by atoms with Crippen LogP contribution in [0.5, 0.6) is 17.4 Å². The topological polar surface area (TPSA) is 147 Å². The summed E-state index contributed by atoms with van der Waals surface area (Å²) in [5.41, 5.74) is 2.32. The number of carbonyl (C=O) groups is 2. The van der Waals surface area contributed by atoms with Crippen LogP contribution < -0.4 is 4.74 Å². The van der Waals surface area contributed by atoms with Crippen LogP contribution in [0.4, 0.5) is 0 Å². The summed E-state index contributed by atoms with van der Waals surface area (Å²) in [6, 6.07) is 14.6. The number of hydrogen-bond donors (Lipinski definition) is 3. The Bertz CT molecular complexity index is 1730. The van der Waals surface area contributed by atoms with Crippen molar-refractivity contribution in [3.8, 4) is 17.4 Å². The average Bonchev–Trinajstić information content (AvgIpc) is 3.59. The predicted molar refractivity (Wildman–Crippen MR) is 148 cm³/mol. The summed E-state index contributed by atoms with van der Waals surface area (Å²) < 4.78 is 5.58. The van der Waals surface area contributed by atoms with Crippen LogP contribution in [0.3, 0.4) is 0 Å². The minimum Gasteiger partial charge on any atom is -0.508 e. The third kappa shape index (κ3) is 6.88. The average molecular weight is 584 g/mol. The monoisotopic (exact) mass is 582 g/mol. The van der Waals surface area contributed by atoms with Crippen molar-refractivity contribution in [3.63, 3.8) is 0 Å². The Labute approximate surface area is 235 Å². The molecule has 10 nitrogen and oxygen atoms in total. The number of rotatable bonds is 4. The van der Waals surface area contributed by atoms with Gasteiger partial charge < -0.3 is 19.8 Å². The summed E-state index contributed by atoms with van der Waals surface area (Å²) in [6.45, 7) is 0. The van der Waals surface area contributed by atoms with Crippen LogP contribution in [0, 0.1) is 0 Å². The maximum atomic E-state index is 11.0. The van der Waals surface area contributed by atoms with Gasteiger partial charge in [-0.25, -0.2) is 19.9 Å². The van der Waals surface area contributed by atoms with E-state index in [2.05, 4.69) is 29.9 Å². The maximum absolute atomic E-state index is 11.0. The highest BCUT2D eigenvalue weighted by Gasteiger charge is 2.11. The Morgan fingerprint density at radius 1 is 0.692 bits per heavy atom. The number of aromatic nitrogens is 6. The van der Waals surface area contributed by atoms with Crippen molar-refractivity contribution < 1.29 is 19.4 Å². The molecular weight excluding hydrogens is 567 g/mol. The molecule has 0 unspecified atom stereocenters. The molecule has 13 heteroatoms. The third-order valence-corrected chi connectivity index (χ3v) is 6.00. The van der Waals surface area contributed by atoms with Gasteiger partial charge in [0.1, 0.15) is 45.2 Å². The van der Waals surface area contributed by atoms with Gasteiger partial charge in [-0.15, -0.1) is 0 Å². The molecule has 0 fully saturated rings. The number of aldehydes is 2. The van der Waals surface area contributed by atoms with Crippen LogP contribution in [-0.2, 0) is 0 Å². The first-order valence-electron chi connectivity index (χ1n) is 11.0. The highest BCUT2D eigenvalue weighted by atomic mass is 35.5. The van der Waals surface area contributed by atoms with Crippen molar-refractivity contribution in [1.29, 1.82) is 0 Å². The van der Waals surface area contributed by atoms with Crippen molar-refractivity contribution in [1.82, 2.24) is 29.9 Å². The number of fused-ring (bicyclic) bond motifs is 2. The molecule has 0 atom stereocenters. The van der Waals surface area contributed by atoms with E-state index in [1.165, 1.54) is 12.7 Å². The number of nitrogens with one attached hydrogen (secondary N) is 2. The highest BCUT2D eigenvalue weighted by Crippen LogP contribution is 2.27. The van der Waals surface area contributed by atoms with Crippen molar-refractivity contribution in [2.24, 2.45) is 0 Å². The van der Waals surface area contributed by atoms with Crippen molar-refractivity contribution in [2.45, 2.75) is 0 Å². The number of H-pyrrole nitrogens is 2. The largest absolute Gasteiger partial charge is 0.508 e. The molecule has 0 spiro atoms. The lowest BCUT2D eigenvalue weighted by Crippen LogP contribution is -1.96. The molecule has 4 aromatic heterocycles. The number of phenols is 1. The first-order valence-corrected chi connectivity index (χ1v) is 12.1. The quantitative estimate of drug-likeness (QED) is 0.154. The molecule has 6 aromatic rings. The molecule has 0 radical (unpaired) electrons. The number of aromatic amines is 2. The number of nitrogens with zero attached hydrogens (tertiary/aromatic N) is 4. The molecule has 0 aliphatic rings. The van der Waals surface area contributed by atoms with E-state index < -0.39 is 0 Å². The predicted octanol–water partition coefficient (Wildman–Crippen LogP) is 6.69. The molecule has 196 valence electrons. The van der Waals surface area contributed by atoms with Crippen LogP contribution in [0.2, 0.25) is 15.5 Å². The van der Waals surface area contributed by atoms with Crippen LogP contribution in [-0.4, -0.2) is 47.6 Å². The van der Waals surface area contributed by atoms with E-state index in [1.54, 1.807) is 18.2 Å². The second kappa shape index (κ2) is 12.8. The molecule has 0 amide bonds. The van der Waals surface area contributed by atoms with Gasteiger partial charge in [-0.1, -0.05) is 34.8 Å². The first kappa shape index (κ1) is 27.5. The van der Waals surface area contributed by atoms with E-state index in [9.17, 15) is 9.59 Å². The molecule has 0 saturated heterocycles. The molecule has 0 bridgehead atoms. The minimum absolute atomic E-state index is 0.0720. The number of phenolic OH excluding ortho intramolecular Hbond substituents is 1. The Kier molecular flexibility index (Phi) is 9.06. The molecule has 3 N–H and O–H groups in total. The standard InChI is InChI=1S/C13H8ClN3O2.C8H7NO.C5H2Cl2N2O/c14-12-10(6-18)13(17-7-16-12)19-9-1-2-11-8(5-9)3-4-15-11;10-7-1-2-8-6(5-7)3-4-9-8;6-4-3(1-10)5(7)9-2-8-4/h1-7,15H;1-5,9-10H;1-2H. The normalized spacial score (nSPS) is 10.2. The molecule has 2 aromatic carbocycles. The van der Waals surface area contributed by atoms with E-state index in [0.29, 0.717) is 24.1 Å². The van der Waals surface area contributed by atoms with Gasteiger partial charge >= 0.3 is 0 Å². The Balaban J connectivity index is 0.000000149.